The van der Waals surface area contributed by atoms with Crippen molar-refractivity contribution >= 4 is 51.8 Å². The monoisotopic (exact) mass is 758 g/mol. The third-order valence-electron chi connectivity index (χ3n) is 8.97. The molecule has 0 spiro atoms. The molecule has 0 aromatic heterocycles. The molecule has 1 aliphatic heterocycles. The van der Waals surface area contributed by atoms with E-state index in [0.717, 1.165) is 37.7 Å². The van der Waals surface area contributed by atoms with Crippen molar-refractivity contribution in [3.63, 3.8) is 0 Å². The Morgan fingerprint density at radius 3 is 1.98 bits per heavy atom. The topological polar surface area (TPSA) is 0 Å². The second kappa shape index (κ2) is 11.4. The number of benzene rings is 5. The fourth-order valence-electron chi connectivity index (χ4n) is 6.94. The van der Waals surface area contributed by atoms with Crippen LogP contribution in [0.25, 0.3) is 33.9 Å². The summed E-state index contributed by atoms with van der Waals surface area (Å²) in [5, 5.41) is 2.53. The number of aryl methyl sites for hydroxylation is 1. The van der Waals surface area contributed by atoms with Crippen LogP contribution in [0.2, 0.25) is 0 Å². The normalized spacial score (nSPS) is 16.3. The molecule has 2 aliphatic rings. The molecule has 1 atom stereocenters. The third kappa shape index (κ3) is 5.35. The van der Waals surface area contributed by atoms with Crippen molar-refractivity contribution in [1.82, 2.24) is 0 Å². The summed E-state index contributed by atoms with van der Waals surface area (Å²) in [6, 6.07) is 29.3. The molecular weight excluding hydrogens is 737 g/mol. The number of hydrogen-bond donors (Lipinski definition) is 0. The van der Waals surface area contributed by atoms with Gasteiger partial charge in [-0.3, -0.25) is 0 Å². The quantitative estimate of drug-likeness (QED) is 0.124. The molecule has 1 aliphatic carbocycles. The first-order valence-electron chi connectivity index (χ1n) is 14.5. The standard InChI is InChI=1S/C24H15F6.C12H9Si.2ClH.Zr/c1-14-7-8-16-9-17(15-5-3-2-4-6-15)12-21(16)22(14)18-10-19(23(25,26)27)13-20(11-18)24(28,29)30;1-3-7-11-9(5-1)10-6-2-4-8-12(10)13-11;;;/h2-13H,1H3;1-7H,13H2;2*1H;/q;;;;+2/p-2. The average molecular weight is 761 g/mol. The van der Waals surface area contributed by atoms with E-state index in [1.54, 1.807) is 13.0 Å². The van der Waals surface area contributed by atoms with E-state index in [-0.39, 0.29) is 11.6 Å². The van der Waals surface area contributed by atoms with Gasteiger partial charge in [-0.2, -0.15) is 0 Å². The van der Waals surface area contributed by atoms with Crippen LogP contribution in [-0.2, 0) is 30.2 Å². The van der Waals surface area contributed by atoms with Gasteiger partial charge in [-0.05, 0) is 0 Å². The van der Waals surface area contributed by atoms with Crippen molar-refractivity contribution in [2.24, 2.45) is 0 Å². The molecule has 0 saturated heterocycles. The molecule has 1 heterocycles. The fraction of sp³-hybridized carbons (Fsp3) is 0.111. The van der Waals surface area contributed by atoms with Crippen molar-refractivity contribution in [3.8, 4) is 22.3 Å². The molecule has 5 aromatic rings. The number of fused-ring (bicyclic) bond motifs is 4. The summed E-state index contributed by atoms with van der Waals surface area (Å²) >= 11 is -4.53. The van der Waals surface area contributed by atoms with Gasteiger partial charge in [-0.25, -0.2) is 0 Å². The SMILES string of the molecule is Cc1ccc2c(c1-c1cc(C(F)(F)F)cc(C(F)(F)F)c1)C=C(c1ccccc1)[CH]2[Zr]([Cl])([Cl])[c]1cccc2c1[SiH2]c1ccccc1-2. The molecule has 0 saturated carbocycles. The van der Waals surface area contributed by atoms with E-state index < -0.39 is 54.5 Å². The summed E-state index contributed by atoms with van der Waals surface area (Å²) in [5.74, 6) is 0. The van der Waals surface area contributed by atoms with E-state index in [1.807, 2.05) is 66.7 Å². The zero-order chi connectivity index (χ0) is 32.6. The minimum atomic E-state index is -4.97. The predicted molar refractivity (Wildman–Crippen MR) is 175 cm³/mol. The Bertz CT molecular complexity index is 2020. The van der Waals surface area contributed by atoms with E-state index in [9.17, 15) is 26.3 Å². The van der Waals surface area contributed by atoms with Gasteiger partial charge < -0.3 is 0 Å². The van der Waals surface area contributed by atoms with Gasteiger partial charge in [0, 0.05) is 0 Å². The first-order chi connectivity index (χ1) is 21.7. The molecule has 0 amide bonds. The molecule has 7 rings (SSSR count). The summed E-state index contributed by atoms with van der Waals surface area (Å²) in [6.07, 6.45) is -8.07. The predicted octanol–water partition coefficient (Wildman–Crippen LogP) is 9.18. The molecule has 0 fully saturated rings. The third-order valence-corrected chi connectivity index (χ3v) is 23.2. The molecule has 0 nitrogen and oxygen atoms in total. The van der Waals surface area contributed by atoms with Gasteiger partial charge in [0.1, 0.15) is 0 Å². The van der Waals surface area contributed by atoms with E-state index in [4.69, 9.17) is 17.0 Å². The van der Waals surface area contributed by atoms with Gasteiger partial charge in [0.15, 0.2) is 0 Å². The van der Waals surface area contributed by atoms with Crippen molar-refractivity contribution in [2.75, 3.05) is 0 Å². The van der Waals surface area contributed by atoms with E-state index in [1.165, 1.54) is 15.9 Å². The first-order valence-corrected chi connectivity index (χ1v) is 24.9. The fourth-order valence-corrected chi connectivity index (χ4v) is 23.4. The first kappa shape index (κ1) is 31.7. The summed E-state index contributed by atoms with van der Waals surface area (Å²) < 4.78 is 84.0. The van der Waals surface area contributed by atoms with Gasteiger partial charge in [-0.15, -0.1) is 0 Å². The van der Waals surface area contributed by atoms with Gasteiger partial charge in [-0.1, -0.05) is 0 Å². The van der Waals surface area contributed by atoms with Crippen molar-refractivity contribution in [3.05, 3.63) is 137 Å². The maximum atomic E-state index is 13.9. The van der Waals surface area contributed by atoms with Crippen molar-refractivity contribution < 1.29 is 44.2 Å². The van der Waals surface area contributed by atoms with Gasteiger partial charge >= 0.3 is 278 Å². The van der Waals surface area contributed by atoms with Gasteiger partial charge in [0.05, 0.1) is 0 Å². The average Bonchev–Trinajstić information content (AvgIpc) is 3.59. The molecule has 0 radical (unpaired) electrons. The maximum absolute atomic E-state index is 13.9. The molecular formula is C36H24Cl2F6SiZr. The van der Waals surface area contributed by atoms with Crippen molar-refractivity contribution in [1.29, 1.82) is 0 Å². The van der Waals surface area contributed by atoms with Crippen LogP contribution in [0.5, 0.6) is 0 Å². The molecule has 1 unspecified atom stereocenters. The molecule has 0 bridgehead atoms. The number of alkyl halides is 6. The Balaban J connectivity index is 1.46. The van der Waals surface area contributed by atoms with Gasteiger partial charge in [0.2, 0.25) is 0 Å². The molecule has 46 heavy (non-hydrogen) atoms. The van der Waals surface area contributed by atoms with Crippen LogP contribution in [0.3, 0.4) is 0 Å². The van der Waals surface area contributed by atoms with E-state index >= 15 is 0 Å². The Hall–Kier alpha value is -2.90. The minimum absolute atomic E-state index is 0.158. The van der Waals surface area contributed by atoms with E-state index in [2.05, 4.69) is 18.2 Å². The van der Waals surface area contributed by atoms with Gasteiger partial charge in [0.25, 0.3) is 0 Å². The molecule has 0 N–H and O–H groups in total. The van der Waals surface area contributed by atoms with Crippen LogP contribution < -0.4 is 13.6 Å². The molecule has 232 valence electrons. The zero-order valence-corrected chi connectivity index (χ0v) is 29.6. The Labute approximate surface area is 276 Å². The van der Waals surface area contributed by atoms with Crippen LogP contribution >= 0.6 is 17.0 Å². The van der Waals surface area contributed by atoms with Crippen LogP contribution in [0, 0.1) is 6.92 Å². The molecule has 5 aromatic carbocycles. The Morgan fingerprint density at radius 2 is 1.30 bits per heavy atom. The van der Waals surface area contributed by atoms with E-state index in [0.29, 0.717) is 16.7 Å². The number of rotatable bonds is 4. The number of hydrogen-bond acceptors (Lipinski definition) is 0. The Morgan fingerprint density at radius 1 is 0.674 bits per heavy atom. The van der Waals surface area contributed by atoms with Crippen LogP contribution in [0.4, 0.5) is 26.3 Å². The van der Waals surface area contributed by atoms with Crippen LogP contribution in [0.1, 0.15) is 37.0 Å². The van der Waals surface area contributed by atoms with Crippen LogP contribution in [0.15, 0.2) is 103 Å². The summed E-state index contributed by atoms with van der Waals surface area (Å²) in [7, 11) is 14.6. The summed E-state index contributed by atoms with van der Waals surface area (Å²) in [4.78, 5) is 0. The molecule has 10 heteroatoms. The number of allylic oxidation sites excluding steroid dienone is 1. The van der Waals surface area contributed by atoms with Crippen LogP contribution in [-0.4, -0.2) is 9.52 Å². The Kier molecular flexibility index (Phi) is 7.83. The summed E-state index contributed by atoms with van der Waals surface area (Å²) in [6.45, 7) is 1.69. The number of halogens is 8. The second-order valence-electron chi connectivity index (χ2n) is 11.7. The zero-order valence-electron chi connectivity index (χ0n) is 24.2. The van der Waals surface area contributed by atoms with Crippen molar-refractivity contribution in [2.45, 2.75) is 22.9 Å². The second-order valence-corrected chi connectivity index (χ2v) is 27.6. The summed E-state index contributed by atoms with van der Waals surface area (Å²) in [5.41, 5.74) is 3.25.